The van der Waals surface area contributed by atoms with Crippen LogP contribution in [0.25, 0.3) is 0 Å². The van der Waals surface area contributed by atoms with Crippen molar-refractivity contribution in [3.63, 3.8) is 0 Å². The lowest BCUT2D eigenvalue weighted by molar-refractivity contribution is -0.138. The lowest BCUT2D eigenvalue weighted by Crippen LogP contribution is -2.38. The number of carbonyl (C=O) groups is 2. The molecule has 19 heavy (non-hydrogen) atoms. The summed E-state index contributed by atoms with van der Waals surface area (Å²) < 4.78 is 5.40. The number of anilines is 1. The highest BCUT2D eigenvalue weighted by atomic mass is 16.5. The minimum atomic E-state index is -0.893. The molecule has 0 bridgehead atoms. The average Bonchev–Trinajstić information content (AvgIpc) is 3.05. The maximum absolute atomic E-state index is 12.4. The second kappa shape index (κ2) is 4.66. The number of carbonyl (C=O) groups excluding carboxylic acids is 1. The summed E-state index contributed by atoms with van der Waals surface area (Å²) >= 11 is 0. The number of hydrogen-bond acceptors (Lipinski definition) is 3. The second-order valence-corrected chi connectivity index (χ2v) is 4.90. The minimum Gasteiger partial charge on any atom is -0.481 e. The summed E-state index contributed by atoms with van der Waals surface area (Å²) in [4.78, 5) is 25.2. The molecule has 2 heterocycles. The van der Waals surface area contributed by atoms with Gasteiger partial charge in [-0.05, 0) is 24.5 Å². The van der Waals surface area contributed by atoms with Crippen LogP contribution >= 0.6 is 0 Å². The number of amides is 1. The molecular formula is C14H15NO4. The van der Waals surface area contributed by atoms with Crippen molar-refractivity contribution in [1.82, 2.24) is 0 Å². The smallest absolute Gasteiger partial charge is 0.312 e. The first-order valence-electron chi connectivity index (χ1n) is 6.43. The molecule has 1 aromatic carbocycles. The number of nitrogens with zero attached hydrogens (tertiary/aromatic N) is 1. The average molecular weight is 261 g/mol. The van der Waals surface area contributed by atoms with E-state index in [4.69, 9.17) is 4.74 Å². The molecule has 0 spiro atoms. The number of hydrogen-bond donors (Lipinski definition) is 1. The lowest BCUT2D eigenvalue weighted by atomic mass is 10.0. The van der Waals surface area contributed by atoms with Crippen molar-refractivity contribution in [3.8, 4) is 0 Å². The van der Waals surface area contributed by atoms with Crippen LogP contribution in [0.15, 0.2) is 24.3 Å². The lowest BCUT2D eigenvalue weighted by Gasteiger charge is -2.20. The zero-order valence-corrected chi connectivity index (χ0v) is 10.4. The fraction of sp³-hybridized carbons (Fsp3) is 0.429. The van der Waals surface area contributed by atoms with Crippen LogP contribution in [0.2, 0.25) is 0 Å². The normalized spacial score (nSPS) is 25.4. The summed E-state index contributed by atoms with van der Waals surface area (Å²) in [6.45, 7) is 0.807. The third-order valence-corrected chi connectivity index (χ3v) is 3.74. The Morgan fingerprint density at radius 2 is 2.11 bits per heavy atom. The van der Waals surface area contributed by atoms with Gasteiger partial charge in [0.1, 0.15) is 12.0 Å². The van der Waals surface area contributed by atoms with Gasteiger partial charge in [0.25, 0.3) is 5.91 Å². The summed E-state index contributed by atoms with van der Waals surface area (Å²) in [5.74, 6) is -1.65. The molecule has 0 aromatic heterocycles. The molecule has 1 aromatic rings. The first-order chi connectivity index (χ1) is 9.18. The predicted octanol–water partition coefficient (Wildman–Crippen LogP) is 1.38. The van der Waals surface area contributed by atoms with Crippen LogP contribution in [-0.4, -0.2) is 36.2 Å². The number of benzene rings is 1. The van der Waals surface area contributed by atoms with Gasteiger partial charge in [-0.2, -0.15) is 0 Å². The van der Waals surface area contributed by atoms with E-state index in [-0.39, 0.29) is 12.5 Å². The molecule has 1 N–H and O–H groups in total. The predicted molar refractivity (Wildman–Crippen MR) is 68.1 cm³/mol. The fourth-order valence-electron chi connectivity index (χ4n) is 2.77. The molecule has 5 heteroatoms. The largest absolute Gasteiger partial charge is 0.481 e. The Morgan fingerprint density at radius 3 is 2.79 bits per heavy atom. The first kappa shape index (κ1) is 12.2. The van der Waals surface area contributed by atoms with E-state index in [1.54, 1.807) is 23.1 Å². The first-order valence-corrected chi connectivity index (χ1v) is 6.43. The molecular weight excluding hydrogens is 246 g/mol. The Bertz CT molecular complexity index is 522. The second-order valence-electron chi connectivity index (χ2n) is 4.90. The number of aliphatic carboxylic acids is 1. The standard InChI is InChI=1S/C14H15NO4/c16-13(12-6-3-7-19-12)15-8-10(14(17)18)9-4-1-2-5-11(9)15/h1-2,4-5,10,12H,3,6-8H2,(H,17,18). The van der Waals surface area contributed by atoms with Crippen molar-refractivity contribution in [1.29, 1.82) is 0 Å². The van der Waals surface area contributed by atoms with Gasteiger partial charge in [0, 0.05) is 18.8 Å². The van der Waals surface area contributed by atoms with Crippen LogP contribution in [-0.2, 0) is 14.3 Å². The van der Waals surface area contributed by atoms with Crippen LogP contribution in [0.4, 0.5) is 5.69 Å². The van der Waals surface area contributed by atoms with Crippen LogP contribution < -0.4 is 4.90 Å². The SMILES string of the molecule is O=C(O)C1CN(C(=O)C2CCCO2)c2ccccc21. The van der Waals surface area contributed by atoms with Gasteiger partial charge in [-0.25, -0.2) is 0 Å². The molecule has 2 unspecified atom stereocenters. The maximum atomic E-state index is 12.4. The van der Waals surface area contributed by atoms with Gasteiger partial charge in [-0.15, -0.1) is 0 Å². The van der Waals surface area contributed by atoms with Gasteiger partial charge in [-0.1, -0.05) is 18.2 Å². The fourth-order valence-corrected chi connectivity index (χ4v) is 2.77. The van der Waals surface area contributed by atoms with Crippen LogP contribution in [0.3, 0.4) is 0 Å². The molecule has 2 aliphatic heterocycles. The van der Waals surface area contributed by atoms with Crippen molar-refractivity contribution in [2.45, 2.75) is 24.9 Å². The van der Waals surface area contributed by atoms with Crippen LogP contribution in [0.1, 0.15) is 24.3 Å². The Labute approximate surface area is 110 Å². The van der Waals surface area contributed by atoms with Crippen LogP contribution in [0.5, 0.6) is 0 Å². The zero-order valence-electron chi connectivity index (χ0n) is 10.4. The Hall–Kier alpha value is -1.88. The van der Waals surface area contributed by atoms with E-state index < -0.39 is 18.0 Å². The molecule has 3 rings (SSSR count). The number of ether oxygens (including phenoxy) is 1. The molecule has 1 fully saturated rings. The topological polar surface area (TPSA) is 66.8 Å². The number of fused-ring (bicyclic) bond motifs is 1. The molecule has 5 nitrogen and oxygen atoms in total. The maximum Gasteiger partial charge on any atom is 0.312 e. The van der Waals surface area contributed by atoms with E-state index in [2.05, 4.69) is 0 Å². The monoisotopic (exact) mass is 261 g/mol. The molecule has 1 saturated heterocycles. The van der Waals surface area contributed by atoms with E-state index in [1.165, 1.54) is 0 Å². The molecule has 2 aliphatic rings. The van der Waals surface area contributed by atoms with Crippen molar-refractivity contribution < 1.29 is 19.4 Å². The Morgan fingerprint density at radius 1 is 1.32 bits per heavy atom. The highest BCUT2D eigenvalue weighted by molar-refractivity contribution is 6.01. The Kier molecular flexibility index (Phi) is 2.98. The summed E-state index contributed by atoms with van der Waals surface area (Å²) in [6.07, 6.45) is 1.18. The molecule has 0 saturated carbocycles. The number of carboxylic acids is 1. The molecule has 0 aliphatic carbocycles. The zero-order chi connectivity index (χ0) is 13.4. The third-order valence-electron chi connectivity index (χ3n) is 3.74. The molecule has 100 valence electrons. The van der Waals surface area contributed by atoms with Gasteiger partial charge < -0.3 is 14.7 Å². The van der Waals surface area contributed by atoms with Crippen molar-refractivity contribution in [2.24, 2.45) is 0 Å². The highest BCUT2D eigenvalue weighted by Gasteiger charge is 2.39. The van der Waals surface area contributed by atoms with E-state index in [0.717, 1.165) is 12.8 Å². The highest BCUT2D eigenvalue weighted by Crippen LogP contribution is 2.37. The van der Waals surface area contributed by atoms with Gasteiger partial charge >= 0.3 is 5.97 Å². The number of rotatable bonds is 2. The quantitative estimate of drug-likeness (QED) is 0.873. The van der Waals surface area contributed by atoms with Crippen molar-refractivity contribution in [2.75, 3.05) is 18.1 Å². The van der Waals surface area contributed by atoms with E-state index in [1.807, 2.05) is 6.07 Å². The van der Waals surface area contributed by atoms with Gasteiger partial charge in [-0.3, -0.25) is 9.59 Å². The minimum absolute atomic E-state index is 0.117. The molecule has 0 radical (unpaired) electrons. The third kappa shape index (κ3) is 2.00. The molecule has 2 atom stereocenters. The summed E-state index contributed by atoms with van der Waals surface area (Å²) in [6, 6.07) is 7.19. The van der Waals surface area contributed by atoms with Crippen LogP contribution in [0, 0.1) is 0 Å². The summed E-state index contributed by atoms with van der Waals surface area (Å²) in [5.41, 5.74) is 1.41. The van der Waals surface area contributed by atoms with Gasteiger partial charge in [0.15, 0.2) is 0 Å². The van der Waals surface area contributed by atoms with E-state index in [0.29, 0.717) is 17.9 Å². The number of para-hydroxylation sites is 1. The number of carboxylic acid groups (broad SMARTS) is 1. The molecule has 1 amide bonds. The summed E-state index contributed by atoms with van der Waals surface area (Å²) in [7, 11) is 0. The van der Waals surface area contributed by atoms with E-state index >= 15 is 0 Å². The van der Waals surface area contributed by atoms with Gasteiger partial charge in [0.2, 0.25) is 0 Å². The van der Waals surface area contributed by atoms with Crippen molar-refractivity contribution in [3.05, 3.63) is 29.8 Å². The van der Waals surface area contributed by atoms with E-state index in [9.17, 15) is 14.7 Å². The van der Waals surface area contributed by atoms with Gasteiger partial charge in [0.05, 0.1) is 0 Å². The summed E-state index contributed by atoms with van der Waals surface area (Å²) in [5, 5.41) is 9.26. The Balaban J connectivity index is 1.91. The van der Waals surface area contributed by atoms with Crippen molar-refractivity contribution >= 4 is 17.6 Å².